The lowest BCUT2D eigenvalue weighted by molar-refractivity contribution is -0.385. The maximum absolute atomic E-state index is 13.5. The van der Waals surface area contributed by atoms with Crippen LogP contribution in [0.4, 0.5) is 10.1 Å². The van der Waals surface area contributed by atoms with Crippen molar-refractivity contribution in [1.29, 1.82) is 0 Å². The molecule has 2 aromatic rings. The summed E-state index contributed by atoms with van der Waals surface area (Å²) in [4.78, 5) is 25.0. The smallest absolute Gasteiger partial charge is 0.282 e. The Balaban J connectivity index is 1.99. The van der Waals surface area contributed by atoms with Crippen LogP contribution >= 0.6 is 0 Å². The van der Waals surface area contributed by atoms with Crippen molar-refractivity contribution in [3.05, 3.63) is 75.6 Å². The zero-order valence-corrected chi connectivity index (χ0v) is 15.1. The third kappa shape index (κ3) is 4.30. The highest BCUT2D eigenvalue weighted by Gasteiger charge is 2.36. The maximum Gasteiger partial charge on any atom is 0.282 e. The Hall–Kier alpha value is -2.81. The lowest BCUT2D eigenvalue weighted by atomic mass is 10.1. The highest BCUT2D eigenvalue weighted by Crippen LogP contribution is 2.26. The fourth-order valence-electron chi connectivity index (χ4n) is 3.19. The van der Waals surface area contributed by atoms with Gasteiger partial charge in [0.1, 0.15) is 11.4 Å². The summed E-state index contributed by atoms with van der Waals surface area (Å²) in [6.45, 7) is -0.0389. The van der Waals surface area contributed by atoms with Gasteiger partial charge in [0.2, 0.25) is 0 Å². The first-order valence-corrected chi connectivity index (χ1v) is 10.1. The average molecular weight is 392 g/mol. The number of carbonyl (C=O) groups is 1. The van der Waals surface area contributed by atoms with E-state index in [0.717, 1.165) is 0 Å². The number of nitro groups is 1. The van der Waals surface area contributed by atoms with Gasteiger partial charge in [-0.3, -0.25) is 14.9 Å². The molecule has 142 valence electrons. The number of para-hydroxylation sites is 1. The van der Waals surface area contributed by atoms with Crippen LogP contribution in [0.15, 0.2) is 48.5 Å². The lowest BCUT2D eigenvalue weighted by Gasteiger charge is -2.28. The Morgan fingerprint density at radius 2 is 1.96 bits per heavy atom. The summed E-state index contributed by atoms with van der Waals surface area (Å²) < 4.78 is 37.3. The van der Waals surface area contributed by atoms with E-state index in [9.17, 15) is 27.7 Å². The minimum atomic E-state index is -3.28. The lowest BCUT2D eigenvalue weighted by Crippen LogP contribution is -2.40. The summed E-state index contributed by atoms with van der Waals surface area (Å²) >= 11 is 0. The number of hydrogen-bond acceptors (Lipinski definition) is 5. The molecule has 0 aliphatic carbocycles. The van der Waals surface area contributed by atoms with Crippen molar-refractivity contribution in [3.8, 4) is 0 Å². The first kappa shape index (κ1) is 19.0. The molecule has 0 radical (unpaired) electrons. The minimum absolute atomic E-state index is 0.0389. The normalized spacial score (nSPS) is 18.2. The van der Waals surface area contributed by atoms with Gasteiger partial charge >= 0.3 is 0 Å². The van der Waals surface area contributed by atoms with Gasteiger partial charge < -0.3 is 4.90 Å². The van der Waals surface area contributed by atoms with Crippen molar-refractivity contribution in [1.82, 2.24) is 4.90 Å². The quantitative estimate of drug-likeness (QED) is 0.575. The van der Waals surface area contributed by atoms with Gasteiger partial charge in [0.25, 0.3) is 11.6 Å². The van der Waals surface area contributed by atoms with Crippen LogP contribution in [0.3, 0.4) is 0 Å². The van der Waals surface area contributed by atoms with Crippen LogP contribution in [0.2, 0.25) is 0 Å². The molecule has 0 saturated carbocycles. The Labute approximate surface area is 155 Å². The van der Waals surface area contributed by atoms with E-state index in [0.29, 0.717) is 5.56 Å². The van der Waals surface area contributed by atoms with E-state index in [1.54, 1.807) is 6.07 Å². The summed E-state index contributed by atoms with van der Waals surface area (Å²) in [7, 11) is -3.28. The van der Waals surface area contributed by atoms with E-state index < -0.39 is 32.5 Å². The molecule has 27 heavy (non-hydrogen) atoms. The molecule has 1 aliphatic rings. The van der Waals surface area contributed by atoms with Gasteiger partial charge in [0.05, 0.1) is 16.4 Å². The van der Waals surface area contributed by atoms with Crippen molar-refractivity contribution in [2.75, 3.05) is 11.5 Å². The zero-order valence-electron chi connectivity index (χ0n) is 14.2. The van der Waals surface area contributed by atoms with Gasteiger partial charge in [-0.25, -0.2) is 12.8 Å². The van der Waals surface area contributed by atoms with Gasteiger partial charge in [-0.15, -0.1) is 0 Å². The number of rotatable bonds is 5. The van der Waals surface area contributed by atoms with Gasteiger partial charge in [0, 0.05) is 18.7 Å². The molecule has 0 aromatic heterocycles. The molecule has 0 spiro atoms. The van der Waals surface area contributed by atoms with Crippen LogP contribution in [0.5, 0.6) is 0 Å². The van der Waals surface area contributed by atoms with Crippen molar-refractivity contribution >= 4 is 21.4 Å². The molecule has 0 N–H and O–H groups in total. The molecular formula is C18H17FN2O5S. The summed E-state index contributed by atoms with van der Waals surface area (Å²) in [5.74, 6) is -1.39. The van der Waals surface area contributed by atoms with Gasteiger partial charge in [-0.05, 0) is 30.2 Å². The van der Waals surface area contributed by atoms with Crippen LogP contribution in [-0.2, 0) is 16.4 Å². The monoisotopic (exact) mass is 392 g/mol. The van der Waals surface area contributed by atoms with Crippen LogP contribution < -0.4 is 0 Å². The van der Waals surface area contributed by atoms with E-state index in [4.69, 9.17) is 0 Å². The van der Waals surface area contributed by atoms with E-state index in [2.05, 4.69) is 0 Å². The number of sulfone groups is 1. The predicted octanol–water partition coefficient (Wildman–Crippen LogP) is 2.56. The number of nitro benzene ring substituents is 1. The molecule has 7 nitrogen and oxygen atoms in total. The second kappa shape index (κ2) is 7.43. The van der Waals surface area contributed by atoms with E-state index in [-0.39, 0.29) is 35.7 Å². The van der Waals surface area contributed by atoms with Gasteiger partial charge in [-0.1, -0.05) is 24.3 Å². The minimum Gasteiger partial charge on any atom is -0.330 e. The highest BCUT2D eigenvalue weighted by atomic mass is 32.2. The molecule has 0 bridgehead atoms. The molecule has 2 aromatic carbocycles. The maximum atomic E-state index is 13.5. The molecule has 1 fully saturated rings. The van der Waals surface area contributed by atoms with Crippen molar-refractivity contribution < 1.29 is 22.5 Å². The van der Waals surface area contributed by atoms with Gasteiger partial charge in [-0.2, -0.15) is 0 Å². The summed E-state index contributed by atoms with van der Waals surface area (Å²) in [5, 5.41) is 11.3. The van der Waals surface area contributed by atoms with E-state index >= 15 is 0 Å². The average Bonchev–Trinajstić information content (AvgIpc) is 2.98. The molecular weight excluding hydrogens is 375 g/mol. The fourth-order valence-corrected chi connectivity index (χ4v) is 4.92. The predicted molar refractivity (Wildman–Crippen MR) is 96.4 cm³/mol. The number of nitrogens with zero attached hydrogens (tertiary/aromatic N) is 2. The molecule has 1 amide bonds. The number of amides is 1. The number of benzene rings is 2. The highest BCUT2D eigenvalue weighted by molar-refractivity contribution is 7.91. The van der Waals surface area contributed by atoms with Crippen LogP contribution in [0.25, 0.3) is 0 Å². The largest absolute Gasteiger partial charge is 0.330 e. The first-order valence-electron chi connectivity index (χ1n) is 8.26. The Kier molecular flexibility index (Phi) is 5.22. The topological polar surface area (TPSA) is 97.6 Å². The second-order valence-corrected chi connectivity index (χ2v) is 8.62. The first-order chi connectivity index (χ1) is 12.8. The number of carbonyl (C=O) groups excluding carboxylic acids is 1. The van der Waals surface area contributed by atoms with Crippen molar-refractivity contribution in [2.24, 2.45) is 0 Å². The molecule has 1 heterocycles. The third-order valence-electron chi connectivity index (χ3n) is 4.48. The zero-order chi connectivity index (χ0) is 19.6. The Morgan fingerprint density at radius 1 is 1.22 bits per heavy atom. The molecule has 1 atom stereocenters. The van der Waals surface area contributed by atoms with Crippen LogP contribution in [0, 0.1) is 15.9 Å². The molecule has 1 aliphatic heterocycles. The third-order valence-corrected chi connectivity index (χ3v) is 6.23. The number of halogens is 1. The number of hydrogen-bond donors (Lipinski definition) is 0. The van der Waals surface area contributed by atoms with Crippen molar-refractivity contribution in [3.63, 3.8) is 0 Å². The van der Waals surface area contributed by atoms with Gasteiger partial charge in [0.15, 0.2) is 9.84 Å². The Bertz CT molecular complexity index is 993. The summed E-state index contributed by atoms with van der Waals surface area (Å²) in [6, 6.07) is 10.5. The molecule has 1 unspecified atom stereocenters. The van der Waals surface area contributed by atoms with Crippen LogP contribution in [-0.4, -0.2) is 41.7 Å². The SMILES string of the molecule is O=C(c1ccccc1[N+](=O)[O-])N(Cc1cccc(F)c1)C1CCS(=O)(=O)C1. The fraction of sp³-hybridized carbons (Fsp3) is 0.278. The van der Waals surface area contributed by atoms with E-state index in [1.165, 1.54) is 47.4 Å². The summed E-state index contributed by atoms with van der Waals surface area (Å²) in [5.41, 5.74) is 0.00188. The Morgan fingerprint density at radius 3 is 2.59 bits per heavy atom. The standard InChI is InChI=1S/C18H17FN2O5S/c19-14-5-3-4-13(10-14)11-20(15-8-9-27(25,26)12-15)18(22)16-6-1-2-7-17(16)21(23)24/h1-7,10,15H,8-9,11-12H2. The van der Waals surface area contributed by atoms with Crippen molar-refractivity contribution in [2.45, 2.75) is 19.0 Å². The summed E-state index contributed by atoms with van der Waals surface area (Å²) in [6.07, 6.45) is 0.240. The molecule has 3 rings (SSSR count). The molecule has 1 saturated heterocycles. The molecule has 9 heteroatoms. The van der Waals surface area contributed by atoms with Crippen LogP contribution in [0.1, 0.15) is 22.3 Å². The second-order valence-electron chi connectivity index (χ2n) is 6.39. The van der Waals surface area contributed by atoms with E-state index in [1.807, 2.05) is 0 Å².